The van der Waals surface area contributed by atoms with E-state index in [2.05, 4.69) is 52.9 Å². The van der Waals surface area contributed by atoms with Crippen LogP contribution in [0, 0.1) is 0 Å². The van der Waals surface area contributed by atoms with Crippen LogP contribution in [0.1, 0.15) is 74.1 Å². The second-order valence-corrected chi connectivity index (χ2v) is 11.2. The standard InChI is InChI=1S/C12H24N2O3.C10H24NOP/c1-10(5-6-11(16)13-4)17-8-7-12(2,3)14-9-15;1-9(2,6-7-11-5)12-8-10(3,4)13/h9-10H,5-8H2,1-4H3,(H,13,16)(H,14,15);11H,6-8,13H2,1-5H3. The number of ether oxygens (including phenoxy) is 2. The predicted octanol–water partition coefficient (Wildman–Crippen LogP) is 2.88. The van der Waals surface area contributed by atoms with Crippen LogP contribution in [0.5, 0.6) is 0 Å². The molecule has 0 aromatic heterocycles. The van der Waals surface area contributed by atoms with Crippen molar-refractivity contribution in [1.82, 2.24) is 16.0 Å². The van der Waals surface area contributed by atoms with Crippen LogP contribution in [-0.4, -0.2) is 68.6 Å². The summed E-state index contributed by atoms with van der Waals surface area (Å²) in [6.07, 6.45) is 3.74. The summed E-state index contributed by atoms with van der Waals surface area (Å²) in [5.41, 5.74) is -0.265. The highest BCUT2D eigenvalue weighted by molar-refractivity contribution is 7.18. The van der Waals surface area contributed by atoms with Crippen molar-refractivity contribution < 1.29 is 19.1 Å². The maximum absolute atomic E-state index is 11.0. The molecule has 30 heavy (non-hydrogen) atoms. The van der Waals surface area contributed by atoms with Gasteiger partial charge in [-0.05, 0) is 67.5 Å². The molecular weight excluding hydrogens is 401 g/mol. The smallest absolute Gasteiger partial charge is 0.219 e. The number of rotatable bonds is 15. The Morgan fingerprint density at radius 3 is 2.17 bits per heavy atom. The lowest BCUT2D eigenvalue weighted by molar-refractivity contribution is -0.121. The summed E-state index contributed by atoms with van der Waals surface area (Å²) in [6.45, 7) is 16.8. The van der Waals surface area contributed by atoms with E-state index in [1.54, 1.807) is 7.05 Å². The first kappa shape index (κ1) is 31.4. The Hall–Kier alpha value is -0.750. The van der Waals surface area contributed by atoms with E-state index in [0.29, 0.717) is 25.9 Å². The lowest BCUT2D eigenvalue weighted by Gasteiger charge is -2.29. The van der Waals surface area contributed by atoms with Gasteiger partial charge in [0.2, 0.25) is 12.3 Å². The molecule has 0 radical (unpaired) electrons. The van der Waals surface area contributed by atoms with Gasteiger partial charge in [-0.15, -0.1) is 9.24 Å². The fourth-order valence-electron chi connectivity index (χ4n) is 2.17. The third-order valence-electron chi connectivity index (χ3n) is 4.45. The minimum Gasteiger partial charge on any atom is -0.378 e. The molecule has 0 spiro atoms. The molecule has 0 aliphatic rings. The number of carbonyl (C=O) groups is 2. The first-order chi connectivity index (χ1) is 13.7. The summed E-state index contributed by atoms with van der Waals surface area (Å²) in [7, 11) is 6.40. The Morgan fingerprint density at radius 1 is 1.10 bits per heavy atom. The zero-order chi connectivity index (χ0) is 23.8. The predicted molar refractivity (Wildman–Crippen MR) is 129 cm³/mol. The van der Waals surface area contributed by atoms with Crippen LogP contribution in [0.15, 0.2) is 0 Å². The number of carbonyl (C=O) groups excluding carboxylic acids is 2. The van der Waals surface area contributed by atoms with Crippen molar-refractivity contribution in [3.8, 4) is 0 Å². The zero-order valence-corrected chi connectivity index (χ0v) is 22.0. The normalized spacial score (nSPS) is 13.1. The van der Waals surface area contributed by atoms with Crippen LogP contribution in [0.2, 0.25) is 0 Å². The number of hydrogen-bond donors (Lipinski definition) is 3. The summed E-state index contributed by atoms with van der Waals surface area (Å²) in [5, 5.41) is 8.62. The summed E-state index contributed by atoms with van der Waals surface area (Å²) >= 11 is 0. The molecule has 7 nitrogen and oxygen atoms in total. The molecule has 8 heteroatoms. The Bertz CT molecular complexity index is 466. The third kappa shape index (κ3) is 21.9. The summed E-state index contributed by atoms with van der Waals surface area (Å²) in [6, 6.07) is 0. The molecule has 0 aromatic carbocycles. The molecule has 0 rings (SSSR count). The van der Waals surface area contributed by atoms with Gasteiger partial charge in [-0.3, -0.25) is 9.59 Å². The van der Waals surface area contributed by atoms with Gasteiger partial charge in [-0.2, -0.15) is 0 Å². The minimum absolute atomic E-state index is 0.0170. The van der Waals surface area contributed by atoms with Crippen molar-refractivity contribution >= 4 is 21.6 Å². The Morgan fingerprint density at radius 2 is 1.70 bits per heavy atom. The summed E-state index contributed by atoms with van der Waals surface area (Å²) in [4.78, 5) is 21.4. The van der Waals surface area contributed by atoms with Gasteiger partial charge < -0.3 is 25.4 Å². The Labute approximate surface area is 187 Å². The zero-order valence-electron chi connectivity index (χ0n) is 20.8. The van der Waals surface area contributed by atoms with E-state index in [-0.39, 0.29) is 28.3 Å². The van der Waals surface area contributed by atoms with E-state index in [1.807, 2.05) is 27.8 Å². The van der Waals surface area contributed by atoms with E-state index in [4.69, 9.17) is 9.47 Å². The van der Waals surface area contributed by atoms with Gasteiger partial charge in [0.15, 0.2) is 0 Å². The van der Waals surface area contributed by atoms with Crippen molar-refractivity contribution in [1.29, 1.82) is 0 Å². The van der Waals surface area contributed by atoms with E-state index in [9.17, 15) is 9.59 Å². The van der Waals surface area contributed by atoms with Crippen molar-refractivity contribution in [2.24, 2.45) is 0 Å². The number of nitrogens with one attached hydrogen (secondary N) is 3. The Kier molecular flexibility index (Phi) is 16.7. The molecule has 0 heterocycles. The molecule has 0 saturated carbocycles. The lowest BCUT2D eigenvalue weighted by atomic mass is 10.0. The molecule has 2 unspecified atom stereocenters. The molecule has 0 aliphatic carbocycles. The van der Waals surface area contributed by atoms with Crippen LogP contribution >= 0.6 is 9.24 Å². The highest BCUT2D eigenvalue weighted by Crippen LogP contribution is 2.21. The van der Waals surface area contributed by atoms with Gasteiger partial charge in [-0.1, -0.05) is 13.8 Å². The van der Waals surface area contributed by atoms with Crippen molar-refractivity contribution in [3.05, 3.63) is 0 Å². The highest BCUT2D eigenvalue weighted by Gasteiger charge is 2.21. The van der Waals surface area contributed by atoms with Gasteiger partial charge in [0.1, 0.15) is 0 Å². The largest absolute Gasteiger partial charge is 0.378 e. The van der Waals surface area contributed by atoms with E-state index in [0.717, 1.165) is 26.0 Å². The fraction of sp³-hybridized carbons (Fsp3) is 0.909. The van der Waals surface area contributed by atoms with E-state index < -0.39 is 0 Å². The molecule has 0 bridgehead atoms. The SMILES string of the molecule is CNC(=O)CCC(C)OCCC(C)(C)NC=O.CNCCC(C)(C)OCC(C)(C)P. The molecule has 3 N–H and O–H groups in total. The van der Waals surface area contributed by atoms with Crippen molar-refractivity contribution in [3.63, 3.8) is 0 Å². The molecule has 0 saturated heterocycles. The Balaban J connectivity index is 0. The first-order valence-electron chi connectivity index (χ1n) is 10.8. The molecular formula is C22H48N3O4P. The highest BCUT2D eigenvalue weighted by atomic mass is 31.0. The average molecular weight is 450 g/mol. The maximum Gasteiger partial charge on any atom is 0.219 e. The molecule has 180 valence electrons. The lowest BCUT2D eigenvalue weighted by Crippen LogP contribution is -2.39. The van der Waals surface area contributed by atoms with E-state index >= 15 is 0 Å². The van der Waals surface area contributed by atoms with Crippen molar-refractivity contribution in [2.75, 3.05) is 33.9 Å². The monoisotopic (exact) mass is 449 g/mol. The van der Waals surface area contributed by atoms with Gasteiger partial charge >= 0.3 is 0 Å². The van der Waals surface area contributed by atoms with Crippen molar-refractivity contribution in [2.45, 2.75) is 96.5 Å². The number of hydrogen-bond acceptors (Lipinski definition) is 5. The van der Waals surface area contributed by atoms with Crippen LogP contribution in [0.4, 0.5) is 0 Å². The van der Waals surface area contributed by atoms with Crippen LogP contribution in [-0.2, 0) is 19.1 Å². The number of amides is 2. The molecule has 0 aliphatic heterocycles. The molecule has 0 fully saturated rings. The summed E-state index contributed by atoms with van der Waals surface area (Å²) < 4.78 is 11.4. The quantitative estimate of drug-likeness (QED) is 0.264. The third-order valence-corrected chi connectivity index (χ3v) is 4.61. The maximum atomic E-state index is 11.0. The van der Waals surface area contributed by atoms with Gasteiger partial charge in [0, 0.05) is 30.8 Å². The van der Waals surface area contributed by atoms with Crippen LogP contribution < -0.4 is 16.0 Å². The summed E-state index contributed by atoms with van der Waals surface area (Å²) in [5.74, 6) is 0.0309. The second kappa shape index (κ2) is 16.0. The van der Waals surface area contributed by atoms with Gasteiger partial charge in [0.05, 0.1) is 18.3 Å². The molecule has 2 atom stereocenters. The van der Waals surface area contributed by atoms with Gasteiger partial charge in [0.25, 0.3) is 0 Å². The first-order valence-corrected chi connectivity index (χ1v) is 11.4. The molecule has 2 amide bonds. The van der Waals surface area contributed by atoms with Gasteiger partial charge in [-0.25, -0.2) is 0 Å². The van der Waals surface area contributed by atoms with Crippen LogP contribution in [0.3, 0.4) is 0 Å². The topological polar surface area (TPSA) is 88.7 Å². The molecule has 0 aromatic rings. The average Bonchev–Trinajstić information content (AvgIpc) is 2.62. The second-order valence-electron chi connectivity index (χ2n) is 9.68. The van der Waals surface area contributed by atoms with E-state index in [1.165, 1.54) is 0 Å². The van der Waals surface area contributed by atoms with Crippen LogP contribution in [0.25, 0.3) is 0 Å². The fourth-order valence-corrected chi connectivity index (χ4v) is 2.25. The minimum atomic E-state index is -0.248.